The topological polar surface area (TPSA) is 38.8 Å². The second-order valence-electron chi connectivity index (χ2n) is 6.60. The lowest BCUT2D eigenvalue weighted by molar-refractivity contribution is -0.138. The summed E-state index contributed by atoms with van der Waals surface area (Å²) in [5, 5.41) is 0. The summed E-state index contributed by atoms with van der Waals surface area (Å²) in [6.45, 7) is 4.92. The Morgan fingerprint density at radius 1 is 1.18 bits per heavy atom. The molecule has 3 rings (SSSR count). The number of benzene rings is 1. The molecule has 22 heavy (non-hydrogen) atoms. The molecule has 1 aliphatic heterocycles. The molecule has 1 saturated carbocycles. The predicted octanol–water partition coefficient (Wildman–Crippen LogP) is 3.73. The lowest BCUT2D eigenvalue weighted by Gasteiger charge is -2.35. The van der Waals surface area contributed by atoms with E-state index in [0.29, 0.717) is 12.6 Å². The van der Waals surface area contributed by atoms with E-state index in [2.05, 4.69) is 4.90 Å². The van der Waals surface area contributed by atoms with Crippen molar-refractivity contribution in [3.8, 4) is 11.5 Å². The van der Waals surface area contributed by atoms with Crippen LogP contribution in [0.15, 0.2) is 18.2 Å². The van der Waals surface area contributed by atoms with Gasteiger partial charge >= 0.3 is 0 Å². The van der Waals surface area contributed by atoms with Crippen LogP contribution >= 0.6 is 0 Å². The van der Waals surface area contributed by atoms with E-state index in [0.717, 1.165) is 29.9 Å². The molecular formula is C18H25NO3. The Morgan fingerprint density at radius 3 is 2.64 bits per heavy atom. The van der Waals surface area contributed by atoms with Gasteiger partial charge in [0.25, 0.3) is 0 Å². The van der Waals surface area contributed by atoms with Crippen LogP contribution in [0.2, 0.25) is 0 Å². The van der Waals surface area contributed by atoms with Crippen LogP contribution in [-0.2, 0) is 11.3 Å². The first-order chi connectivity index (χ1) is 10.6. The molecular weight excluding hydrogens is 278 g/mol. The molecule has 0 spiro atoms. The molecule has 1 aromatic carbocycles. The highest BCUT2D eigenvalue weighted by atomic mass is 16.7. The van der Waals surface area contributed by atoms with Crippen LogP contribution in [0.1, 0.15) is 51.5 Å². The maximum Gasteiger partial charge on any atom is 0.231 e. The fourth-order valence-electron chi connectivity index (χ4n) is 3.35. The summed E-state index contributed by atoms with van der Waals surface area (Å²) in [5.41, 5.74) is 1.11. The van der Waals surface area contributed by atoms with Crippen molar-refractivity contribution in [2.45, 2.75) is 58.5 Å². The predicted molar refractivity (Wildman–Crippen MR) is 84.8 cm³/mol. The van der Waals surface area contributed by atoms with Crippen molar-refractivity contribution < 1.29 is 14.3 Å². The molecule has 2 aliphatic rings. The Bertz CT molecular complexity index is 535. The van der Waals surface area contributed by atoms with E-state index < -0.39 is 0 Å². The standard InChI is InChI=1S/C18H25NO3/c1-13(2)18(20)19(15-6-4-3-5-7-15)11-14-8-9-16-17(10-14)22-12-21-16/h8-10,13,15H,3-7,11-12H2,1-2H3. The average molecular weight is 303 g/mol. The number of ether oxygens (including phenoxy) is 2. The van der Waals surface area contributed by atoms with Crippen LogP contribution < -0.4 is 9.47 Å². The molecule has 0 unspecified atom stereocenters. The minimum absolute atomic E-state index is 0.0379. The SMILES string of the molecule is CC(C)C(=O)N(Cc1ccc2c(c1)OCO2)C1CCCCC1. The van der Waals surface area contributed by atoms with Gasteiger partial charge < -0.3 is 14.4 Å². The molecule has 0 atom stereocenters. The van der Waals surface area contributed by atoms with E-state index in [-0.39, 0.29) is 18.6 Å². The monoisotopic (exact) mass is 303 g/mol. The summed E-state index contributed by atoms with van der Waals surface area (Å²) in [6.07, 6.45) is 6.01. The van der Waals surface area contributed by atoms with Crippen LogP contribution in [0.25, 0.3) is 0 Å². The van der Waals surface area contributed by atoms with Gasteiger partial charge in [0, 0.05) is 18.5 Å². The quantitative estimate of drug-likeness (QED) is 0.850. The van der Waals surface area contributed by atoms with Gasteiger partial charge in [-0.2, -0.15) is 0 Å². The van der Waals surface area contributed by atoms with E-state index in [4.69, 9.17) is 9.47 Å². The van der Waals surface area contributed by atoms with Gasteiger partial charge in [-0.25, -0.2) is 0 Å². The Hall–Kier alpha value is -1.71. The number of hydrogen-bond acceptors (Lipinski definition) is 3. The number of nitrogens with zero attached hydrogens (tertiary/aromatic N) is 1. The van der Waals surface area contributed by atoms with Gasteiger partial charge in [0.2, 0.25) is 12.7 Å². The van der Waals surface area contributed by atoms with Crippen LogP contribution in [0.4, 0.5) is 0 Å². The maximum atomic E-state index is 12.7. The number of fused-ring (bicyclic) bond motifs is 1. The van der Waals surface area contributed by atoms with E-state index in [9.17, 15) is 4.79 Å². The van der Waals surface area contributed by atoms with E-state index >= 15 is 0 Å². The molecule has 0 N–H and O–H groups in total. The Kier molecular flexibility index (Phi) is 4.55. The molecule has 1 aliphatic carbocycles. The summed E-state index contributed by atoms with van der Waals surface area (Å²) in [4.78, 5) is 14.7. The molecule has 1 amide bonds. The zero-order valence-electron chi connectivity index (χ0n) is 13.5. The third-order valence-electron chi connectivity index (χ3n) is 4.58. The van der Waals surface area contributed by atoms with E-state index in [1.54, 1.807) is 0 Å². The lowest BCUT2D eigenvalue weighted by atomic mass is 9.93. The third-order valence-corrected chi connectivity index (χ3v) is 4.58. The van der Waals surface area contributed by atoms with Crippen molar-refractivity contribution in [2.75, 3.05) is 6.79 Å². The smallest absolute Gasteiger partial charge is 0.231 e. The highest BCUT2D eigenvalue weighted by Gasteiger charge is 2.27. The van der Waals surface area contributed by atoms with Crippen LogP contribution in [0.3, 0.4) is 0 Å². The molecule has 0 bridgehead atoms. The number of amides is 1. The van der Waals surface area contributed by atoms with E-state index in [1.807, 2.05) is 32.0 Å². The van der Waals surface area contributed by atoms with E-state index in [1.165, 1.54) is 19.3 Å². The third kappa shape index (κ3) is 3.21. The van der Waals surface area contributed by atoms with Crippen molar-refractivity contribution in [1.82, 2.24) is 4.90 Å². The Labute approximate surface area is 132 Å². The maximum absolute atomic E-state index is 12.7. The first kappa shape index (κ1) is 15.2. The number of hydrogen-bond donors (Lipinski definition) is 0. The summed E-state index contributed by atoms with van der Waals surface area (Å²) in [6, 6.07) is 6.37. The number of carbonyl (C=O) groups excluding carboxylic acids is 1. The largest absolute Gasteiger partial charge is 0.454 e. The van der Waals surface area contributed by atoms with Gasteiger partial charge in [0.15, 0.2) is 11.5 Å². The first-order valence-corrected chi connectivity index (χ1v) is 8.34. The highest BCUT2D eigenvalue weighted by molar-refractivity contribution is 5.78. The van der Waals surface area contributed by atoms with Crippen molar-refractivity contribution in [1.29, 1.82) is 0 Å². The molecule has 4 nitrogen and oxygen atoms in total. The molecule has 1 aromatic rings. The Morgan fingerprint density at radius 2 is 1.91 bits per heavy atom. The molecule has 1 fully saturated rings. The minimum atomic E-state index is 0.0379. The van der Waals surface area contributed by atoms with Gasteiger partial charge in [-0.3, -0.25) is 4.79 Å². The van der Waals surface area contributed by atoms with Gasteiger partial charge in [-0.15, -0.1) is 0 Å². The Balaban J connectivity index is 1.78. The zero-order chi connectivity index (χ0) is 15.5. The summed E-state index contributed by atoms with van der Waals surface area (Å²) >= 11 is 0. The van der Waals surface area contributed by atoms with Crippen LogP contribution in [0.5, 0.6) is 11.5 Å². The molecule has 1 heterocycles. The summed E-state index contributed by atoms with van der Waals surface area (Å²) in [5.74, 6) is 1.88. The summed E-state index contributed by atoms with van der Waals surface area (Å²) < 4.78 is 10.8. The van der Waals surface area contributed by atoms with Crippen molar-refractivity contribution in [3.05, 3.63) is 23.8 Å². The molecule has 4 heteroatoms. The first-order valence-electron chi connectivity index (χ1n) is 8.34. The van der Waals surface area contributed by atoms with Gasteiger partial charge in [0.1, 0.15) is 0 Å². The second-order valence-corrected chi connectivity index (χ2v) is 6.60. The molecule has 0 aromatic heterocycles. The lowest BCUT2D eigenvalue weighted by Crippen LogP contribution is -2.42. The van der Waals surface area contributed by atoms with Gasteiger partial charge in [-0.05, 0) is 30.5 Å². The summed E-state index contributed by atoms with van der Waals surface area (Å²) in [7, 11) is 0. The molecule has 0 saturated heterocycles. The minimum Gasteiger partial charge on any atom is -0.454 e. The number of carbonyl (C=O) groups is 1. The van der Waals surface area contributed by atoms with Gasteiger partial charge in [0.05, 0.1) is 0 Å². The van der Waals surface area contributed by atoms with Crippen molar-refractivity contribution >= 4 is 5.91 Å². The zero-order valence-corrected chi connectivity index (χ0v) is 13.5. The van der Waals surface area contributed by atoms with Gasteiger partial charge in [-0.1, -0.05) is 39.2 Å². The van der Waals surface area contributed by atoms with Crippen molar-refractivity contribution in [3.63, 3.8) is 0 Å². The molecule has 0 radical (unpaired) electrons. The van der Waals surface area contributed by atoms with Crippen LogP contribution in [-0.4, -0.2) is 23.6 Å². The van der Waals surface area contributed by atoms with Crippen molar-refractivity contribution in [2.24, 2.45) is 5.92 Å². The second kappa shape index (κ2) is 6.59. The fraction of sp³-hybridized carbons (Fsp3) is 0.611. The number of rotatable bonds is 4. The molecule has 120 valence electrons. The normalized spacial score (nSPS) is 17.8. The highest BCUT2D eigenvalue weighted by Crippen LogP contribution is 2.33. The fourth-order valence-corrected chi connectivity index (χ4v) is 3.35. The van der Waals surface area contributed by atoms with Crippen LogP contribution in [0, 0.1) is 5.92 Å². The average Bonchev–Trinajstić information content (AvgIpc) is 3.00.